The van der Waals surface area contributed by atoms with Crippen LogP contribution < -0.4 is 9.47 Å². The number of fused-ring (bicyclic) bond motifs is 1. The van der Waals surface area contributed by atoms with Crippen molar-refractivity contribution in [1.82, 2.24) is 19.9 Å². The summed E-state index contributed by atoms with van der Waals surface area (Å²) in [6, 6.07) is -0.790. The number of nitrogens with one attached hydrogen (secondary N) is 1. The number of methoxy groups -OCH3 is 2. The maximum Gasteiger partial charge on any atom is 0.323 e. The zero-order valence-electron chi connectivity index (χ0n) is 19.4. The van der Waals surface area contributed by atoms with Crippen LogP contribution in [0.5, 0.6) is 11.6 Å². The molecule has 0 aliphatic rings. The largest absolute Gasteiger partial charge is 0.609 e. The molecule has 24 heavy (non-hydrogen) atoms. The fraction of sp³-hybridized carbons (Fsp3) is 0.312. The number of H-pyrrole nitrogens is 1. The minimum atomic E-state index is -2.64. The third-order valence-electron chi connectivity index (χ3n) is 3.24. The maximum absolute atomic E-state index is 13.2. The van der Waals surface area contributed by atoms with Gasteiger partial charge >= 0.3 is 5.16 Å². The Morgan fingerprint density at radius 3 is 2.83 bits per heavy atom. The number of imidazole rings is 1. The molecular weight excluding hydrogens is 328 g/mol. The fourth-order valence-corrected chi connectivity index (χ4v) is 2.90. The van der Waals surface area contributed by atoms with Gasteiger partial charge in [-0.2, -0.15) is 9.97 Å². The number of aromatic amines is 1. The molecule has 3 aromatic heterocycles. The number of nitrogens with zero attached hydrogens (tertiary/aromatic N) is 3. The van der Waals surface area contributed by atoms with Gasteiger partial charge in [-0.3, -0.25) is 9.96 Å². The Morgan fingerprint density at radius 1 is 1.33 bits per heavy atom. The van der Waals surface area contributed by atoms with Crippen LogP contribution in [0.1, 0.15) is 23.7 Å². The molecule has 0 fully saturated rings. The van der Waals surface area contributed by atoms with E-state index in [9.17, 15) is 4.55 Å². The summed E-state index contributed by atoms with van der Waals surface area (Å²) in [6.45, 7) is 3.14. The second-order valence-electron chi connectivity index (χ2n) is 4.78. The van der Waals surface area contributed by atoms with Crippen LogP contribution >= 0.6 is 0 Å². The highest BCUT2D eigenvalue weighted by Crippen LogP contribution is 2.26. The average molecular weight is 352 g/mol. The number of pyridine rings is 2. The molecule has 0 saturated heterocycles. The van der Waals surface area contributed by atoms with E-state index in [1.165, 1.54) is 21.1 Å². The van der Waals surface area contributed by atoms with Gasteiger partial charge in [-0.05, 0) is 19.9 Å². The molecule has 8 heteroatoms. The van der Waals surface area contributed by atoms with Crippen LogP contribution in [-0.2, 0) is 16.9 Å². The van der Waals surface area contributed by atoms with E-state index in [2.05, 4.69) is 15.0 Å². The van der Waals surface area contributed by atoms with E-state index in [-0.39, 0.29) is 46.3 Å². The van der Waals surface area contributed by atoms with Gasteiger partial charge < -0.3 is 14.0 Å². The highest BCUT2D eigenvalue weighted by atomic mass is 32.2. The lowest BCUT2D eigenvalue weighted by molar-refractivity contribution is 0.399. The summed E-state index contributed by atoms with van der Waals surface area (Å²) in [4.78, 5) is 12.4. The topological polar surface area (TPSA) is 96.0 Å². The van der Waals surface area contributed by atoms with Crippen LogP contribution in [0.3, 0.4) is 0 Å². The van der Waals surface area contributed by atoms with Crippen molar-refractivity contribution in [2.45, 2.75) is 24.7 Å². The second kappa shape index (κ2) is 6.66. The van der Waals surface area contributed by atoms with E-state index in [0.717, 1.165) is 0 Å². The highest BCUT2D eigenvalue weighted by Gasteiger charge is 2.21. The molecule has 0 aromatic carbocycles. The SMILES string of the molecule is [2H]c1nc(C([2H])([2H])[S+]([O-])c2nc3nc(OC)c([2H])c([2H])c3n2[2H])c(C)c(OC)c1C. The smallest absolute Gasteiger partial charge is 0.323 e. The minimum Gasteiger partial charge on any atom is -0.609 e. The van der Waals surface area contributed by atoms with Crippen LogP contribution in [-0.4, -0.2) is 38.7 Å². The molecule has 0 amide bonds. The van der Waals surface area contributed by atoms with Crippen molar-refractivity contribution in [1.29, 1.82) is 0 Å². The van der Waals surface area contributed by atoms with Crippen molar-refractivity contribution >= 4 is 22.3 Å². The van der Waals surface area contributed by atoms with Gasteiger partial charge in [-0.15, -0.1) is 0 Å². The van der Waals surface area contributed by atoms with Gasteiger partial charge in [0.25, 0.3) is 0 Å². The summed E-state index contributed by atoms with van der Waals surface area (Å²) in [6.07, 6.45) is -0.230. The standard InChI is InChI=1S/C16H18N4O3S/c1-9-7-17-12(10(2)14(9)23-4)8-24(21)16-18-11-5-6-13(22-3)19-15(11)20-16/h5-7H,8H2,1-4H3,(H,18,19,20)/i5D,6D,7D,8D2/hD. The van der Waals surface area contributed by atoms with E-state index in [0.29, 0.717) is 10.5 Å². The van der Waals surface area contributed by atoms with Crippen LogP contribution in [0.25, 0.3) is 11.2 Å². The molecule has 0 radical (unpaired) electrons. The van der Waals surface area contributed by atoms with Crippen molar-refractivity contribution in [3.8, 4) is 11.6 Å². The molecule has 3 aromatic rings. The van der Waals surface area contributed by atoms with Crippen molar-refractivity contribution in [2.24, 2.45) is 0 Å². The number of aromatic nitrogens is 4. The Labute approximate surface area is 151 Å². The third kappa shape index (κ3) is 3.02. The molecule has 1 N–H and O–H groups in total. The van der Waals surface area contributed by atoms with Crippen molar-refractivity contribution < 1.29 is 22.3 Å². The van der Waals surface area contributed by atoms with Crippen molar-refractivity contribution in [3.63, 3.8) is 0 Å². The Hall–Kier alpha value is -2.32. The van der Waals surface area contributed by atoms with Crippen LogP contribution in [0, 0.1) is 13.8 Å². The molecule has 0 saturated carbocycles. The lowest BCUT2D eigenvalue weighted by Gasteiger charge is -2.13. The predicted octanol–water partition coefficient (Wildman–Crippen LogP) is 2.29. The monoisotopic (exact) mass is 352 g/mol. The van der Waals surface area contributed by atoms with Gasteiger partial charge in [0.05, 0.1) is 32.3 Å². The van der Waals surface area contributed by atoms with Crippen LogP contribution in [0.4, 0.5) is 0 Å². The average Bonchev–Trinajstić information content (AvgIpc) is 3.03. The fourth-order valence-electron chi connectivity index (χ4n) is 2.09. The summed E-state index contributed by atoms with van der Waals surface area (Å²) < 4.78 is 72.3. The minimum absolute atomic E-state index is 0.172. The summed E-state index contributed by atoms with van der Waals surface area (Å²) in [5.41, 5.74) is -2.62. The molecule has 0 aliphatic carbocycles. The van der Waals surface area contributed by atoms with Gasteiger partial charge in [0.15, 0.2) is 12.8 Å². The summed E-state index contributed by atoms with van der Waals surface area (Å²) in [5.74, 6) is 0.0644. The Morgan fingerprint density at radius 2 is 2.12 bits per heavy atom. The van der Waals surface area contributed by atoms with E-state index in [4.69, 9.17) is 17.7 Å². The van der Waals surface area contributed by atoms with Crippen LogP contribution in [0.2, 0.25) is 1.41 Å². The third-order valence-corrected chi connectivity index (χ3v) is 4.13. The molecule has 1 unspecified atom stereocenters. The molecular formula is C16H18N4O3S. The highest BCUT2D eigenvalue weighted by molar-refractivity contribution is 7.90. The van der Waals surface area contributed by atoms with E-state index in [1.807, 2.05) is 0 Å². The van der Waals surface area contributed by atoms with Crippen molar-refractivity contribution in [2.75, 3.05) is 14.2 Å². The molecule has 126 valence electrons. The van der Waals surface area contributed by atoms with E-state index >= 15 is 0 Å². The first-order valence-corrected chi connectivity index (χ1v) is 7.99. The Balaban J connectivity index is 2.20. The first-order chi connectivity index (χ1) is 14.0. The number of hydrogen-bond donors (Lipinski definition) is 1. The molecule has 3 rings (SSSR count). The zero-order chi connectivity index (χ0) is 22.5. The number of hydrogen-bond acceptors (Lipinski definition) is 6. The number of ether oxygens (including phenoxy) is 2. The van der Waals surface area contributed by atoms with Gasteiger partial charge in [0.2, 0.25) is 5.88 Å². The lowest BCUT2D eigenvalue weighted by atomic mass is 10.1. The second-order valence-corrected chi connectivity index (χ2v) is 5.88. The first kappa shape index (κ1) is 10.5. The van der Waals surface area contributed by atoms with Gasteiger partial charge in [-0.1, -0.05) is 0 Å². The first-order valence-electron chi connectivity index (χ1n) is 9.79. The van der Waals surface area contributed by atoms with Gasteiger partial charge in [0, 0.05) is 34.5 Å². The quantitative estimate of drug-likeness (QED) is 0.708. The Bertz CT molecular complexity index is 1160. The Kier molecular flexibility index (Phi) is 2.92. The van der Waals surface area contributed by atoms with Crippen LogP contribution in [0.15, 0.2) is 23.4 Å². The van der Waals surface area contributed by atoms with Gasteiger partial charge in [0.1, 0.15) is 5.75 Å². The van der Waals surface area contributed by atoms with E-state index in [1.54, 1.807) is 6.92 Å². The normalized spacial score (nSPS) is 16.5. The predicted molar refractivity (Wildman–Crippen MR) is 90.8 cm³/mol. The lowest BCUT2D eigenvalue weighted by Crippen LogP contribution is -2.10. The molecule has 0 spiro atoms. The molecule has 7 nitrogen and oxygen atoms in total. The summed E-state index contributed by atoms with van der Waals surface area (Å²) >= 11 is -2.58. The number of rotatable bonds is 5. The van der Waals surface area contributed by atoms with Gasteiger partial charge in [-0.25, -0.2) is 0 Å². The molecule has 1 atom stereocenters. The summed E-state index contributed by atoms with van der Waals surface area (Å²) in [5, 5.41) is -0.518. The molecule has 0 bridgehead atoms. The zero-order valence-corrected chi connectivity index (χ0v) is 14.2. The maximum atomic E-state index is 13.2. The summed E-state index contributed by atoms with van der Waals surface area (Å²) in [7, 11) is 2.64. The molecule has 0 aliphatic heterocycles. The van der Waals surface area contributed by atoms with Crippen molar-refractivity contribution in [3.05, 3.63) is 35.1 Å². The molecule has 3 heterocycles. The van der Waals surface area contributed by atoms with E-state index < -0.39 is 28.1 Å².